The first-order valence-electron chi connectivity index (χ1n) is 11.5. The van der Waals surface area contributed by atoms with Crippen LogP contribution in [-0.4, -0.2) is 43.9 Å². The number of aromatic hydroxyl groups is 2. The lowest BCUT2D eigenvalue weighted by Crippen LogP contribution is -2.32. The van der Waals surface area contributed by atoms with E-state index in [9.17, 15) is 20.1 Å². The molecule has 7 nitrogen and oxygen atoms in total. The molecule has 0 aliphatic heterocycles. The van der Waals surface area contributed by atoms with Gasteiger partial charge in [0.1, 0.15) is 12.4 Å². The summed E-state index contributed by atoms with van der Waals surface area (Å²) in [5.74, 6) is 0.125. The predicted octanol–water partition coefficient (Wildman–Crippen LogP) is 5.71. The van der Waals surface area contributed by atoms with Crippen LogP contribution in [0, 0.1) is 5.92 Å². The molecule has 1 fully saturated rings. The Labute approximate surface area is 214 Å². The standard InChI is InChI=1S/C26H28Cl2N2O5/c27-20-6-4-19(5-7-20)22(14-26(33)34)29(15-17-1-2-17)16-18-3-8-23(21(28)13-18)35-12-11-30-24(31)9-10-25(30)32/h3-10,13,17,22,31-32H,1-2,11-12,14-16H2,(H,33,34). The normalized spacial score (nSPS) is 14.3. The van der Waals surface area contributed by atoms with Crippen LogP contribution in [0.4, 0.5) is 0 Å². The van der Waals surface area contributed by atoms with Crippen molar-refractivity contribution in [2.75, 3.05) is 13.2 Å². The van der Waals surface area contributed by atoms with Crippen molar-refractivity contribution in [1.29, 1.82) is 0 Å². The number of rotatable bonds is 12. The predicted molar refractivity (Wildman–Crippen MR) is 134 cm³/mol. The number of carboxylic acid groups (broad SMARTS) is 1. The van der Waals surface area contributed by atoms with Gasteiger partial charge in [-0.2, -0.15) is 0 Å². The van der Waals surface area contributed by atoms with Crippen molar-refractivity contribution in [3.63, 3.8) is 0 Å². The van der Waals surface area contributed by atoms with Gasteiger partial charge in [0.2, 0.25) is 0 Å². The maximum absolute atomic E-state index is 11.7. The van der Waals surface area contributed by atoms with Gasteiger partial charge < -0.3 is 20.1 Å². The highest BCUT2D eigenvalue weighted by molar-refractivity contribution is 6.32. The molecule has 2 aromatic carbocycles. The summed E-state index contributed by atoms with van der Waals surface area (Å²) in [6.45, 7) is 1.82. The number of carboxylic acids is 1. The summed E-state index contributed by atoms with van der Waals surface area (Å²) in [5, 5.41) is 30.1. The summed E-state index contributed by atoms with van der Waals surface area (Å²) >= 11 is 12.6. The topological polar surface area (TPSA) is 95.2 Å². The van der Waals surface area contributed by atoms with Crippen LogP contribution in [0.2, 0.25) is 10.0 Å². The van der Waals surface area contributed by atoms with E-state index < -0.39 is 5.97 Å². The number of halogens is 2. The molecule has 4 rings (SSSR count). The highest BCUT2D eigenvalue weighted by atomic mass is 35.5. The minimum absolute atomic E-state index is 0.0115. The molecule has 1 saturated carbocycles. The van der Waals surface area contributed by atoms with E-state index >= 15 is 0 Å². The molecule has 1 unspecified atom stereocenters. The van der Waals surface area contributed by atoms with Crippen molar-refractivity contribution >= 4 is 29.2 Å². The van der Waals surface area contributed by atoms with Crippen LogP contribution >= 0.6 is 23.2 Å². The van der Waals surface area contributed by atoms with Crippen molar-refractivity contribution in [2.24, 2.45) is 5.92 Å². The SMILES string of the molecule is O=C(O)CC(c1ccc(Cl)cc1)N(Cc1ccc(OCCn2c(O)ccc2O)c(Cl)c1)CC1CC1. The number of benzene rings is 2. The lowest BCUT2D eigenvalue weighted by atomic mass is 10.0. The van der Waals surface area contributed by atoms with Crippen molar-refractivity contribution in [3.8, 4) is 17.5 Å². The fourth-order valence-corrected chi connectivity index (χ4v) is 4.54. The molecule has 0 radical (unpaired) electrons. The lowest BCUT2D eigenvalue weighted by Gasteiger charge is -2.31. The van der Waals surface area contributed by atoms with Gasteiger partial charge in [0.05, 0.1) is 18.0 Å². The number of ether oxygens (including phenoxy) is 1. The Hall–Kier alpha value is -2.87. The molecule has 3 aromatic rings. The first kappa shape index (κ1) is 25.2. The summed E-state index contributed by atoms with van der Waals surface area (Å²) < 4.78 is 7.09. The van der Waals surface area contributed by atoms with E-state index in [-0.39, 0.29) is 37.4 Å². The molecule has 0 bridgehead atoms. The van der Waals surface area contributed by atoms with Crippen LogP contribution in [0.5, 0.6) is 17.5 Å². The highest BCUT2D eigenvalue weighted by Crippen LogP contribution is 2.36. The Morgan fingerprint density at radius 3 is 2.34 bits per heavy atom. The number of nitrogens with zero attached hydrogens (tertiary/aromatic N) is 2. The second kappa shape index (κ2) is 11.2. The van der Waals surface area contributed by atoms with Crippen LogP contribution < -0.4 is 4.74 Å². The average molecular weight is 519 g/mol. The minimum atomic E-state index is -0.854. The molecule has 0 amide bonds. The van der Waals surface area contributed by atoms with Crippen molar-refractivity contribution in [3.05, 3.63) is 75.8 Å². The Balaban J connectivity index is 1.47. The first-order chi connectivity index (χ1) is 16.8. The van der Waals surface area contributed by atoms with E-state index in [0.29, 0.717) is 28.3 Å². The van der Waals surface area contributed by atoms with Gasteiger partial charge in [0.15, 0.2) is 11.8 Å². The molecule has 1 aliphatic rings. The van der Waals surface area contributed by atoms with Crippen LogP contribution in [0.15, 0.2) is 54.6 Å². The largest absolute Gasteiger partial charge is 0.494 e. The third-order valence-electron chi connectivity index (χ3n) is 6.14. The molecule has 1 atom stereocenters. The van der Waals surface area contributed by atoms with Gasteiger partial charge in [-0.15, -0.1) is 0 Å². The fraction of sp³-hybridized carbons (Fsp3) is 0.346. The molecule has 35 heavy (non-hydrogen) atoms. The van der Waals surface area contributed by atoms with Gasteiger partial charge in [-0.1, -0.05) is 41.4 Å². The molecule has 9 heteroatoms. The van der Waals surface area contributed by atoms with E-state index in [1.807, 2.05) is 24.3 Å². The molecule has 1 aromatic heterocycles. The maximum Gasteiger partial charge on any atom is 0.305 e. The van der Waals surface area contributed by atoms with Crippen LogP contribution in [-0.2, 0) is 17.9 Å². The Bertz CT molecular complexity index is 1140. The molecule has 3 N–H and O–H groups in total. The van der Waals surface area contributed by atoms with E-state index in [0.717, 1.165) is 30.5 Å². The molecular weight excluding hydrogens is 491 g/mol. The van der Waals surface area contributed by atoms with Crippen molar-refractivity contribution in [2.45, 2.75) is 38.4 Å². The summed E-state index contributed by atoms with van der Waals surface area (Å²) in [5.41, 5.74) is 1.87. The zero-order valence-electron chi connectivity index (χ0n) is 19.1. The number of aliphatic carboxylic acids is 1. The number of carbonyl (C=O) groups is 1. The Kier molecular flexibility index (Phi) is 8.11. The highest BCUT2D eigenvalue weighted by Gasteiger charge is 2.30. The number of aromatic nitrogens is 1. The smallest absolute Gasteiger partial charge is 0.305 e. The van der Waals surface area contributed by atoms with Gasteiger partial charge >= 0.3 is 5.97 Å². The van der Waals surface area contributed by atoms with E-state index in [1.54, 1.807) is 18.2 Å². The van der Waals surface area contributed by atoms with E-state index in [4.69, 9.17) is 27.9 Å². The van der Waals surface area contributed by atoms with Crippen LogP contribution in [0.3, 0.4) is 0 Å². The number of hydrogen-bond donors (Lipinski definition) is 3. The summed E-state index contributed by atoms with van der Waals surface area (Å²) in [6, 6.07) is 15.4. The third-order valence-corrected chi connectivity index (χ3v) is 6.69. The van der Waals surface area contributed by atoms with Crippen molar-refractivity contribution in [1.82, 2.24) is 9.47 Å². The van der Waals surface area contributed by atoms with Gasteiger partial charge in [-0.05, 0) is 54.2 Å². The molecule has 1 heterocycles. The van der Waals surface area contributed by atoms with Crippen LogP contribution in [0.1, 0.15) is 36.4 Å². The van der Waals surface area contributed by atoms with E-state index in [2.05, 4.69) is 4.90 Å². The third kappa shape index (κ3) is 6.84. The summed E-state index contributed by atoms with van der Waals surface area (Å²) in [6.07, 6.45) is 2.29. The van der Waals surface area contributed by atoms with Gasteiger partial charge in [-0.25, -0.2) is 0 Å². The second-order valence-corrected chi connectivity index (χ2v) is 9.70. The summed E-state index contributed by atoms with van der Waals surface area (Å²) in [7, 11) is 0. The molecular formula is C26H28Cl2N2O5. The van der Waals surface area contributed by atoms with Crippen LogP contribution in [0.25, 0.3) is 0 Å². The molecule has 1 aliphatic carbocycles. The number of hydrogen-bond acceptors (Lipinski definition) is 5. The fourth-order valence-electron chi connectivity index (χ4n) is 4.16. The molecule has 186 valence electrons. The van der Waals surface area contributed by atoms with Crippen molar-refractivity contribution < 1.29 is 24.9 Å². The quantitative estimate of drug-likeness (QED) is 0.284. The maximum atomic E-state index is 11.7. The minimum Gasteiger partial charge on any atom is -0.494 e. The lowest BCUT2D eigenvalue weighted by molar-refractivity contribution is -0.138. The van der Waals surface area contributed by atoms with Gasteiger partial charge in [0.25, 0.3) is 0 Å². The summed E-state index contributed by atoms with van der Waals surface area (Å²) in [4.78, 5) is 13.9. The molecule has 0 saturated heterocycles. The Morgan fingerprint density at radius 2 is 1.74 bits per heavy atom. The van der Waals surface area contributed by atoms with Gasteiger partial charge in [0, 0.05) is 36.3 Å². The van der Waals surface area contributed by atoms with E-state index in [1.165, 1.54) is 16.7 Å². The zero-order valence-corrected chi connectivity index (χ0v) is 20.6. The molecule has 0 spiro atoms. The monoisotopic (exact) mass is 518 g/mol. The zero-order chi connectivity index (χ0) is 24.9. The average Bonchev–Trinajstić information content (AvgIpc) is 3.58. The second-order valence-electron chi connectivity index (χ2n) is 8.85. The first-order valence-corrected chi connectivity index (χ1v) is 12.3. The van der Waals surface area contributed by atoms with Gasteiger partial charge in [-0.3, -0.25) is 14.3 Å². The Morgan fingerprint density at radius 1 is 1.06 bits per heavy atom.